The van der Waals surface area contributed by atoms with Crippen LogP contribution in [0, 0.1) is 12.7 Å². The van der Waals surface area contributed by atoms with Gasteiger partial charge in [-0.3, -0.25) is 14.2 Å². The fourth-order valence-corrected chi connectivity index (χ4v) is 2.52. The van der Waals surface area contributed by atoms with Crippen LogP contribution in [0.15, 0.2) is 36.4 Å². The highest BCUT2D eigenvalue weighted by Crippen LogP contribution is 2.28. The van der Waals surface area contributed by atoms with Gasteiger partial charge < -0.3 is 5.32 Å². The number of anilines is 1. The summed E-state index contributed by atoms with van der Waals surface area (Å²) in [7, 11) is 1.24. The molecule has 0 atom stereocenters. The summed E-state index contributed by atoms with van der Waals surface area (Å²) >= 11 is 0. The number of nitrogens with zero attached hydrogens (tertiary/aromatic N) is 4. The van der Waals surface area contributed by atoms with Gasteiger partial charge in [-0.1, -0.05) is 18.2 Å². The lowest BCUT2D eigenvalue weighted by atomic mass is 10.2. The van der Waals surface area contributed by atoms with Crippen molar-refractivity contribution in [2.24, 2.45) is 7.05 Å². The molecule has 0 spiro atoms. The van der Waals surface area contributed by atoms with Gasteiger partial charge in [-0.25, -0.2) is 4.39 Å². The molecule has 27 heavy (non-hydrogen) atoms. The predicted molar refractivity (Wildman–Crippen MR) is 88.6 cm³/mol. The number of halogens is 4. The fourth-order valence-electron chi connectivity index (χ4n) is 2.52. The molecular weight excluding hydrogens is 366 g/mol. The number of rotatable bonds is 4. The highest BCUT2D eigenvalue weighted by molar-refractivity contribution is 6.02. The summed E-state index contributed by atoms with van der Waals surface area (Å²) in [5, 5.41) is 9.89. The average molecular weight is 381 g/mol. The summed E-state index contributed by atoms with van der Waals surface area (Å²) in [6.45, 7) is 1.87. The number of carbonyl (C=O) groups is 1. The molecule has 3 aromatic rings. The van der Waals surface area contributed by atoms with Gasteiger partial charge in [0.1, 0.15) is 11.5 Å². The Morgan fingerprint density at radius 2 is 1.89 bits per heavy atom. The quantitative estimate of drug-likeness (QED) is 0.705. The van der Waals surface area contributed by atoms with Crippen molar-refractivity contribution >= 4 is 11.7 Å². The molecule has 1 N–H and O–H groups in total. The molecule has 0 aliphatic carbocycles. The van der Waals surface area contributed by atoms with Crippen LogP contribution in [0.3, 0.4) is 0 Å². The van der Waals surface area contributed by atoms with Crippen molar-refractivity contribution < 1.29 is 22.4 Å². The molecule has 2 aromatic heterocycles. The van der Waals surface area contributed by atoms with Gasteiger partial charge in [0.15, 0.2) is 11.5 Å². The SMILES string of the molecule is Cc1cc(NC(=O)c2cc(C(F)(F)F)nn2C)nn1Cc1ccccc1F. The number of nitrogens with one attached hydrogen (secondary N) is 1. The number of benzene rings is 1. The minimum Gasteiger partial charge on any atom is -0.304 e. The minimum absolute atomic E-state index is 0.142. The van der Waals surface area contributed by atoms with Crippen LogP contribution in [0.25, 0.3) is 0 Å². The Hall–Kier alpha value is -3.17. The molecule has 0 aliphatic heterocycles. The molecular formula is C17H15F4N5O. The van der Waals surface area contributed by atoms with Crippen LogP contribution in [0.4, 0.5) is 23.4 Å². The van der Waals surface area contributed by atoms with Gasteiger partial charge >= 0.3 is 6.18 Å². The Kier molecular flexibility index (Phi) is 4.73. The van der Waals surface area contributed by atoms with E-state index in [0.29, 0.717) is 17.3 Å². The second-order valence-electron chi connectivity index (χ2n) is 5.91. The lowest BCUT2D eigenvalue weighted by Crippen LogP contribution is -2.16. The zero-order chi connectivity index (χ0) is 19.8. The number of aryl methyl sites for hydroxylation is 2. The maximum atomic E-state index is 13.8. The number of carbonyl (C=O) groups excluding carboxylic acids is 1. The van der Waals surface area contributed by atoms with E-state index in [1.54, 1.807) is 31.2 Å². The second-order valence-corrected chi connectivity index (χ2v) is 5.91. The molecule has 6 nitrogen and oxygen atoms in total. The Labute approximate surface area is 151 Å². The van der Waals surface area contributed by atoms with E-state index in [1.807, 2.05) is 0 Å². The first-order chi connectivity index (χ1) is 12.6. The molecule has 0 saturated carbocycles. The van der Waals surface area contributed by atoms with Gasteiger partial charge in [-0.15, -0.1) is 0 Å². The van der Waals surface area contributed by atoms with Crippen LogP contribution < -0.4 is 5.32 Å². The summed E-state index contributed by atoms with van der Waals surface area (Å²) in [5.74, 6) is -1.02. The molecule has 10 heteroatoms. The van der Waals surface area contributed by atoms with Gasteiger partial charge in [0.25, 0.3) is 5.91 Å². The van der Waals surface area contributed by atoms with Crippen molar-refractivity contribution in [1.29, 1.82) is 0 Å². The van der Waals surface area contributed by atoms with Crippen LogP contribution >= 0.6 is 0 Å². The number of alkyl halides is 3. The van der Waals surface area contributed by atoms with Crippen LogP contribution in [0.5, 0.6) is 0 Å². The molecule has 0 fully saturated rings. The number of hydrogen-bond acceptors (Lipinski definition) is 3. The monoisotopic (exact) mass is 381 g/mol. The maximum absolute atomic E-state index is 13.8. The summed E-state index contributed by atoms with van der Waals surface area (Å²) in [5.41, 5.74) is -0.349. The molecule has 3 rings (SSSR count). The molecule has 0 radical (unpaired) electrons. The molecule has 2 heterocycles. The molecule has 0 bridgehead atoms. The van der Waals surface area contributed by atoms with Crippen molar-refractivity contribution in [3.63, 3.8) is 0 Å². The zero-order valence-electron chi connectivity index (χ0n) is 14.4. The summed E-state index contributed by atoms with van der Waals surface area (Å²) in [6.07, 6.45) is -4.64. The zero-order valence-corrected chi connectivity index (χ0v) is 14.4. The van der Waals surface area contributed by atoms with Crippen molar-refractivity contribution in [3.05, 3.63) is 64.9 Å². The third kappa shape index (κ3) is 3.99. The van der Waals surface area contributed by atoms with Crippen LogP contribution in [0.1, 0.15) is 27.4 Å². The third-order valence-electron chi connectivity index (χ3n) is 3.90. The van der Waals surface area contributed by atoms with E-state index in [2.05, 4.69) is 15.5 Å². The van der Waals surface area contributed by atoms with E-state index in [4.69, 9.17) is 0 Å². The van der Waals surface area contributed by atoms with Crippen LogP contribution in [0.2, 0.25) is 0 Å². The summed E-state index contributed by atoms with van der Waals surface area (Å²) in [6, 6.07) is 8.42. The summed E-state index contributed by atoms with van der Waals surface area (Å²) in [4.78, 5) is 12.3. The first kappa shape index (κ1) is 18.6. The van der Waals surface area contributed by atoms with Crippen molar-refractivity contribution in [3.8, 4) is 0 Å². The van der Waals surface area contributed by atoms with Crippen molar-refractivity contribution in [2.75, 3.05) is 5.32 Å². The van der Waals surface area contributed by atoms with E-state index in [1.165, 1.54) is 17.8 Å². The van der Waals surface area contributed by atoms with E-state index in [-0.39, 0.29) is 23.9 Å². The van der Waals surface area contributed by atoms with Gasteiger partial charge in [-0.2, -0.15) is 23.4 Å². The first-order valence-corrected chi connectivity index (χ1v) is 7.85. The van der Waals surface area contributed by atoms with Gasteiger partial charge in [0.05, 0.1) is 6.54 Å². The average Bonchev–Trinajstić information content (AvgIpc) is 3.12. The lowest BCUT2D eigenvalue weighted by molar-refractivity contribution is -0.141. The standard InChI is InChI=1S/C17H15F4N5O/c1-10-7-15(24-26(10)9-11-5-3-4-6-12(11)18)22-16(27)13-8-14(17(19,20)21)23-25(13)2/h3-8H,9H2,1-2H3,(H,22,24,27). The highest BCUT2D eigenvalue weighted by atomic mass is 19.4. The number of hydrogen-bond donors (Lipinski definition) is 1. The first-order valence-electron chi connectivity index (χ1n) is 7.85. The Bertz CT molecular complexity index is 990. The molecule has 1 aromatic carbocycles. The largest absolute Gasteiger partial charge is 0.435 e. The van der Waals surface area contributed by atoms with Gasteiger partial charge in [0.2, 0.25) is 0 Å². The molecule has 0 saturated heterocycles. The van der Waals surface area contributed by atoms with Crippen LogP contribution in [-0.2, 0) is 19.8 Å². The van der Waals surface area contributed by atoms with E-state index < -0.39 is 17.8 Å². The second kappa shape index (κ2) is 6.86. The third-order valence-corrected chi connectivity index (χ3v) is 3.90. The summed E-state index contributed by atoms with van der Waals surface area (Å²) < 4.78 is 54.2. The normalized spacial score (nSPS) is 11.6. The van der Waals surface area contributed by atoms with Crippen LogP contribution in [-0.4, -0.2) is 25.5 Å². The smallest absolute Gasteiger partial charge is 0.304 e. The topological polar surface area (TPSA) is 64.7 Å². The Balaban J connectivity index is 1.78. The molecule has 142 valence electrons. The fraction of sp³-hybridized carbons (Fsp3) is 0.235. The molecule has 0 unspecified atom stereocenters. The van der Waals surface area contributed by atoms with E-state index >= 15 is 0 Å². The number of amides is 1. The molecule has 1 amide bonds. The Morgan fingerprint density at radius 3 is 2.52 bits per heavy atom. The minimum atomic E-state index is -4.64. The van der Waals surface area contributed by atoms with E-state index in [0.717, 1.165) is 4.68 Å². The number of aromatic nitrogens is 4. The van der Waals surface area contributed by atoms with Crippen molar-refractivity contribution in [1.82, 2.24) is 19.6 Å². The maximum Gasteiger partial charge on any atom is 0.435 e. The predicted octanol–water partition coefficient (Wildman–Crippen LogP) is 3.38. The van der Waals surface area contributed by atoms with Gasteiger partial charge in [-0.05, 0) is 13.0 Å². The molecule has 0 aliphatic rings. The highest BCUT2D eigenvalue weighted by Gasteiger charge is 2.35. The van der Waals surface area contributed by atoms with Crippen molar-refractivity contribution in [2.45, 2.75) is 19.6 Å². The van der Waals surface area contributed by atoms with E-state index in [9.17, 15) is 22.4 Å². The Morgan fingerprint density at radius 1 is 1.19 bits per heavy atom. The van der Waals surface area contributed by atoms with Gasteiger partial charge in [0, 0.05) is 30.4 Å². The lowest BCUT2D eigenvalue weighted by Gasteiger charge is -2.05.